The van der Waals surface area contributed by atoms with E-state index in [4.69, 9.17) is 5.26 Å². The zero-order chi connectivity index (χ0) is 13.0. The van der Waals surface area contributed by atoms with E-state index in [9.17, 15) is 4.79 Å². The molecule has 0 aliphatic rings. The number of hydrogen-bond acceptors (Lipinski definition) is 3. The lowest BCUT2D eigenvalue weighted by molar-refractivity contribution is -0.116. The third kappa shape index (κ3) is 3.76. The van der Waals surface area contributed by atoms with Crippen molar-refractivity contribution >= 4 is 40.2 Å². The van der Waals surface area contributed by atoms with Crippen LogP contribution in [0.25, 0.3) is 0 Å². The van der Waals surface area contributed by atoms with Gasteiger partial charge in [0.2, 0.25) is 5.91 Å². The fourth-order valence-corrected chi connectivity index (χ4v) is 1.65. The average Bonchev–Trinajstić information content (AvgIpc) is 2.30. The van der Waals surface area contributed by atoms with E-state index in [1.807, 2.05) is 19.9 Å². The van der Waals surface area contributed by atoms with Crippen LogP contribution in [0.3, 0.4) is 0 Å². The van der Waals surface area contributed by atoms with Crippen molar-refractivity contribution in [2.45, 2.75) is 19.1 Å². The van der Waals surface area contributed by atoms with Crippen LogP contribution in [0.5, 0.6) is 0 Å². The number of nitrogens with zero attached hydrogens (tertiary/aromatic N) is 1. The van der Waals surface area contributed by atoms with E-state index in [1.54, 1.807) is 18.2 Å². The number of rotatable bonds is 3. The Bertz CT molecular complexity index is 468. The van der Waals surface area contributed by atoms with E-state index in [2.05, 4.69) is 33.9 Å². The van der Waals surface area contributed by atoms with Crippen molar-refractivity contribution < 1.29 is 4.79 Å². The van der Waals surface area contributed by atoms with Crippen LogP contribution >= 0.6 is 28.6 Å². The first-order valence-electron chi connectivity index (χ1n) is 5.14. The van der Waals surface area contributed by atoms with Gasteiger partial charge >= 0.3 is 0 Å². The number of carbonyl (C=O) groups is 1. The lowest BCUT2D eigenvalue weighted by Crippen LogP contribution is -2.27. The van der Waals surface area contributed by atoms with E-state index >= 15 is 0 Å². The van der Waals surface area contributed by atoms with Crippen LogP contribution in [-0.4, -0.2) is 11.2 Å². The maximum absolute atomic E-state index is 11.8. The summed E-state index contributed by atoms with van der Waals surface area (Å²) in [5.41, 5.74) is 0.942. The van der Waals surface area contributed by atoms with Gasteiger partial charge in [-0.25, -0.2) is 0 Å². The molecule has 90 valence electrons. The highest BCUT2D eigenvalue weighted by atomic mass is 79.9. The zero-order valence-electron chi connectivity index (χ0n) is 9.57. The van der Waals surface area contributed by atoms with Crippen LogP contribution in [0.4, 0.5) is 5.69 Å². The van der Waals surface area contributed by atoms with Gasteiger partial charge in [0.15, 0.2) is 0 Å². The number of nitrogens with one attached hydrogen (secondary N) is 1. The second kappa shape index (κ2) is 6.08. The molecule has 17 heavy (non-hydrogen) atoms. The van der Waals surface area contributed by atoms with Gasteiger partial charge in [0.05, 0.1) is 16.5 Å². The number of carbonyl (C=O) groups excluding carboxylic acids is 1. The fraction of sp³-hybridized carbons (Fsp3) is 0.333. The summed E-state index contributed by atoms with van der Waals surface area (Å²) in [6.07, 6.45) is 0. The Morgan fingerprint density at radius 3 is 2.71 bits per heavy atom. The number of halogens is 1. The average molecular weight is 313 g/mol. The van der Waals surface area contributed by atoms with Gasteiger partial charge in [-0.2, -0.15) is 17.9 Å². The van der Waals surface area contributed by atoms with Gasteiger partial charge in [-0.15, -0.1) is 0 Å². The van der Waals surface area contributed by atoms with E-state index < -0.39 is 0 Å². The maximum atomic E-state index is 11.8. The molecule has 5 heteroatoms. The number of benzene rings is 1. The molecule has 0 spiro atoms. The predicted octanol–water partition coefficient (Wildman–Crippen LogP) is 3.21. The summed E-state index contributed by atoms with van der Waals surface area (Å²) in [5.74, 6) is -0.0542. The molecule has 0 heterocycles. The Morgan fingerprint density at radius 2 is 2.18 bits per heavy atom. The molecule has 0 fully saturated rings. The quantitative estimate of drug-likeness (QED) is 0.842. The van der Waals surface area contributed by atoms with Gasteiger partial charge < -0.3 is 5.32 Å². The molecule has 1 rings (SSSR count). The molecule has 0 saturated carbocycles. The second-order valence-corrected chi connectivity index (χ2v) is 5.45. The fourth-order valence-electron chi connectivity index (χ4n) is 1.23. The predicted molar refractivity (Wildman–Crippen MR) is 75.1 cm³/mol. The highest BCUT2D eigenvalue weighted by Gasteiger charge is 2.18. The largest absolute Gasteiger partial charge is 0.324 e. The Morgan fingerprint density at radius 1 is 1.53 bits per heavy atom. The Labute approximate surface area is 115 Å². The van der Waals surface area contributed by atoms with E-state index in [-0.39, 0.29) is 17.1 Å². The molecule has 1 atom stereocenters. The Kier molecular flexibility index (Phi) is 5.03. The lowest BCUT2D eigenvalue weighted by atomic mass is 10.1. The molecular weight excluding hydrogens is 300 g/mol. The maximum Gasteiger partial charge on any atom is 0.237 e. The Hall–Kier alpha value is -0.990. The molecule has 0 bridgehead atoms. The van der Waals surface area contributed by atoms with Gasteiger partial charge in [0, 0.05) is 4.47 Å². The third-order valence-electron chi connectivity index (χ3n) is 2.26. The van der Waals surface area contributed by atoms with Crippen molar-refractivity contribution in [1.82, 2.24) is 0 Å². The van der Waals surface area contributed by atoms with Gasteiger partial charge in [-0.3, -0.25) is 4.79 Å². The molecule has 1 aromatic rings. The third-order valence-corrected chi connectivity index (χ3v) is 3.58. The molecule has 0 radical (unpaired) electrons. The monoisotopic (exact) mass is 312 g/mol. The normalized spacial score (nSPS) is 12.0. The summed E-state index contributed by atoms with van der Waals surface area (Å²) in [4.78, 5) is 11.8. The van der Waals surface area contributed by atoms with Crippen molar-refractivity contribution in [2.75, 3.05) is 5.32 Å². The molecule has 1 amide bonds. The summed E-state index contributed by atoms with van der Waals surface area (Å²) in [6, 6.07) is 7.18. The first kappa shape index (κ1) is 14.1. The number of thiol groups is 1. The summed E-state index contributed by atoms with van der Waals surface area (Å²) in [5, 5.41) is 11.3. The summed E-state index contributed by atoms with van der Waals surface area (Å²) in [6.45, 7) is 3.84. The topological polar surface area (TPSA) is 52.9 Å². The smallest absolute Gasteiger partial charge is 0.237 e. The molecule has 0 aliphatic carbocycles. The first-order chi connectivity index (χ1) is 7.95. The van der Waals surface area contributed by atoms with Crippen LogP contribution in [0, 0.1) is 17.2 Å². The summed E-state index contributed by atoms with van der Waals surface area (Å²) in [7, 11) is 0. The molecule has 0 saturated heterocycles. The minimum Gasteiger partial charge on any atom is -0.324 e. The number of anilines is 1. The van der Waals surface area contributed by atoms with Crippen molar-refractivity contribution in [3.8, 4) is 6.07 Å². The highest BCUT2D eigenvalue weighted by Crippen LogP contribution is 2.21. The lowest BCUT2D eigenvalue weighted by Gasteiger charge is -2.15. The van der Waals surface area contributed by atoms with Gasteiger partial charge in [-0.1, -0.05) is 29.8 Å². The molecule has 1 unspecified atom stereocenters. The van der Waals surface area contributed by atoms with Crippen LogP contribution in [0.2, 0.25) is 0 Å². The zero-order valence-corrected chi connectivity index (χ0v) is 12.0. The number of nitriles is 1. The second-order valence-electron chi connectivity index (χ2n) is 3.98. The standard InChI is InChI=1S/C12H13BrN2OS/c1-7(2)11(17)12(16)15-10-4-3-9(13)5-8(10)6-14/h3-5,7,11,17H,1-2H3,(H,15,16). The van der Waals surface area contributed by atoms with Crippen molar-refractivity contribution in [3.05, 3.63) is 28.2 Å². The molecule has 0 aromatic heterocycles. The molecule has 3 nitrogen and oxygen atoms in total. The highest BCUT2D eigenvalue weighted by molar-refractivity contribution is 9.10. The van der Waals surface area contributed by atoms with Crippen LogP contribution < -0.4 is 5.32 Å². The van der Waals surface area contributed by atoms with Gasteiger partial charge in [0.1, 0.15) is 6.07 Å². The number of amides is 1. The van der Waals surface area contributed by atoms with Crippen LogP contribution in [0.1, 0.15) is 19.4 Å². The van der Waals surface area contributed by atoms with Crippen molar-refractivity contribution in [2.24, 2.45) is 5.92 Å². The van der Waals surface area contributed by atoms with Gasteiger partial charge in [0.25, 0.3) is 0 Å². The molecular formula is C12H13BrN2OS. The van der Waals surface area contributed by atoms with Gasteiger partial charge in [-0.05, 0) is 24.1 Å². The van der Waals surface area contributed by atoms with Crippen LogP contribution in [-0.2, 0) is 4.79 Å². The van der Waals surface area contributed by atoms with Crippen LogP contribution in [0.15, 0.2) is 22.7 Å². The number of hydrogen-bond donors (Lipinski definition) is 2. The van der Waals surface area contributed by atoms with E-state index in [0.29, 0.717) is 11.3 Å². The first-order valence-corrected chi connectivity index (χ1v) is 6.45. The molecule has 1 aromatic carbocycles. The SMILES string of the molecule is CC(C)C(S)C(=O)Nc1ccc(Br)cc1C#N. The van der Waals surface area contributed by atoms with E-state index in [0.717, 1.165) is 4.47 Å². The van der Waals surface area contributed by atoms with Crippen molar-refractivity contribution in [1.29, 1.82) is 5.26 Å². The molecule has 1 N–H and O–H groups in total. The Balaban J connectivity index is 2.89. The summed E-state index contributed by atoms with van der Waals surface area (Å²) >= 11 is 7.51. The van der Waals surface area contributed by atoms with Crippen molar-refractivity contribution in [3.63, 3.8) is 0 Å². The minimum absolute atomic E-state index is 0.138. The summed E-state index contributed by atoms with van der Waals surface area (Å²) < 4.78 is 0.804. The minimum atomic E-state index is -0.384. The molecule has 0 aliphatic heterocycles. The van der Waals surface area contributed by atoms with E-state index in [1.165, 1.54) is 0 Å².